The molecular weight excluding hydrogens is 190 g/mol. The number of rotatable bonds is 1. The number of carbonyl (C=O) groups is 1. The van der Waals surface area contributed by atoms with Crippen molar-refractivity contribution >= 4 is 11.6 Å². The molecular formula is C11H15N3O. The van der Waals surface area contributed by atoms with Crippen LogP contribution in [0.2, 0.25) is 0 Å². The fourth-order valence-electron chi connectivity index (χ4n) is 1.97. The van der Waals surface area contributed by atoms with E-state index in [9.17, 15) is 4.79 Å². The van der Waals surface area contributed by atoms with Gasteiger partial charge in [0.25, 0.3) is 5.91 Å². The van der Waals surface area contributed by atoms with Crippen LogP contribution in [0.15, 0.2) is 18.2 Å². The van der Waals surface area contributed by atoms with Crippen molar-refractivity contribution in [1.82, 2.24) is 5.43 Å². The van der Waals surface area contributed by atoms with Gasteiger partial charge in [0.15, 0.2) is 0 Å². The number of benzene rings is 1. The van der Waals surface area contributed by atoms with E-state index in [0.29, 0.717) is 11.5 Å². The zero-order chi connectivity index (χ0) is 10.8. The summed E-state index contributed by atoms with van der Waals surface area (Å²) in [6, 6.07) is 5.67. The van der Waals surface area contributed by atoms with Gasteiger partial charge in [-0.15, -0.1) is 0 Å². The highest BCUT2D eigenvalue weighted by Gasteiger charge is 2.20. The summed E-state index contributed by atoms with van der Waals surface area (Å²) in [5.74, 6) is 5.48. The first-order chi connectivity index (χ1) is 7.22. The average molecular weight is 205 g/mol. The van der Waals surface area contributed by atoms with Crippen molar-refractivity contribution in [3.63, 3.8) is 0 Å². The third kappa shape index (κ3) is 1.80. The molecule has 1 aliphatic rings. The summed E-state index contributed by atoms with van der Waals surface area (Å²) < 4.78 is 0. The summed E-state index contributed by atoms with van der Waals surface area (Å²) in [7, 11) is 0. The van der Waals surface area contributed by atoms with Crippen LogP contribution < -0.4 is 16.6 Å². The number of nitrogen functional groups attached to an aromatic ring is 1. The van der Waals surface area contributed by atoms with Gasteiger partial charge in [-0.3, -0.25) is 10.2 Å². The van der Waals surface area contributed by atoms with Crippen LogP contribution in [0, 0.1) is 5.92 Å². The van der Waals surface area contributed by atoms with Crippen LogP contribution in [0.1, 0.15) is 22.8 Å². The third-order valence-corrected chi connectivity index (χ3v) is 2.75. The molecule has 0 spiro atoms. The van der Waals surface area contributed by atoms with Crippen LogP contribution in [0.3, 0.4) is 0 Å². The molecule has 0 saturated heterocycles. The molecule has 0 radical (unpaired) electrons. The molecule has 4 nitrogen and oxygen atoms in total. The van der Waals surface area contributed by atoms with Gasteiger partial charge in [0, 0.05) is 17.8 Å². The molecule has 4 N–H and O–H groups in total. The number of hydrogen-bond donors (Lipinski definition) is 3. The summed E-state index contributed by atoms with van der Waals surface area (Å²) >= 11 is 0. The molecule has 1 aromatic carbocycles. The number of amides is 1. The Morgan fingerprint density at radius 2 is 2.40 bits per heavy atom. The van der Waals surface area contributed by atoms with E-state index in [4.69, 9.17) is 5.84 Å². The molecule has 1 unspecified atom stereocenters. The van der Waals surface area contributed by atoms with Crippen LogP contribution in [0.4, 0.5) is 5.69 Å². The van der Waals surface area contributed by atoms with Crippen LogP contribution in [0.25, 0.3) is 0 Å². The van der Waals surface area contributed by atoms with Gasteiger partial charge in [-0.05, 0) is 30.0 Å². The molecule has 0 saturated carbocycles. The molecule has 2 rings (SSSR count). The second-order valence-electron chi connectivity index (χ2n) is 4.00. The largest absolute Gasteiger partial charge is 0.385 e. The van der Waals surface area contributed by atoms with E-state index >= 15 is 0 Å². The minimum Gasteiger partial charge on any atom is -0.385 e. The molecule has 0 aliphatic carbocycles. The van der Waals surface area contributed by atoms with Gasteiger partial charge in [0.05, 0.1) is 0 Å². The first kappa shape index (κ1) is 9.98. The SMILES string of the molecule is CC1CNc2cccc(C(=O)NN)c2C1. The van der Waals surface area contributed by atoms with Gasteiger partial charge in [0.2, 0.25) is 0 Å². The number of hydrazine groups is 1. The van der Waals surface area contributed by atoms with Gasteiger partial charge in [-0.2, -0.15) is 0 Å². The minimum atomic E-state index is -0.220. The quantitative estimate of drug-likeness (QED) is 0.362. The molecule has 0 aromatic heterocycles. The summed E-state index contributed by atoms with van der Waals surface area (Å²) in [4.78, 5) is 11.5. The molecule has 1 aromatic rings. The maximum absolute atomic E-state index is 11.5. The Bertz CT molecular complexity index is 389. The zero-order valence-corrected chi connectivity index (χ0v) is 8.71. The Kier molecular flexibility index (Phi) is 2.60. The monoisotopic (exact) mass is 205 g/mol. The summed E-state index contributed by atoms with van der Waals surface area (Å²) in [5, 5.41) is 3.31. The Morgan fingerprint density at radius 3 is 3.13 bits per heavy atom. The number of anilines is 1. The molecule has 0 fully saturated rings. The average Bonchev–Trinajstić information content (AvgIpc) is 2.27. The molecule has 1 atom stereocenters. The Hall–Kier alpha value is -1.55. The van der Waals surface area contributed by atoms with Crippen molar-refractivity contribution in [2.24, 2.45) is 11.8 Å². The van der Waals surface area contributed by atoms with Crippen molar-refractivity contribution in [3.8, 4) is 0 Å². The van der Waals surface area contributed by atoms with Gasteiger partial charge in [0.1, 0.15) is 0 Å². The molecule has 0 bridgehead atoms. The summed E-state index contributed by atoms with van der Waals surface area (Å²) in [5.41, 5.74) is 4.97. The molecule has 15 heavy (non-hydrogen) atoms. The number of fused-ring (bicyclic) bond motifs is 1. The fourth-order valence-corrected chi connectivity index (χ4v) is 1.97. The van der Waals surface area contributed by atoms with Crippen molar-refractivity contribution in [2.45, 2.75) is 13.3 Å². The van der Waals surface area contributed by atoms with E-state index in [1.165, 1.54) is 0 Å². The normalized spacial score (nSPS) is 18.9. The highest BCUT2D eigenvalue weighted by Crippen LogP contribution is 2.27. The molecule has 80 valence electrons. The van der Waals surface area contributed by atoms with Gasteiger partial charge < -0.3 is 5.32 Å². The van der Waals surface area contributed by atoms with Crippen LogP contribution in [-0.4, -0.2) is 12.5 Å². The summed E-state index contributed by atoms with van der Waals surface area (Å²) in [6.45, 7) is 3.12. The number of carbonyl (C=O) groups excluding carboxylic acids is 1. The van der Waals surface area contributed by atoms with Crippen LogP contribution >= 0.6 is 0 Å². The Morgan fingerprint density at radius 1 is 1.60 bits per heavy atom. The molecule has 1 aliphatic heterocycles. The maximum Gasteiger partial charge on any atom is 0.265 e. The van der Waals surface area contributed by atoms with Crippen molar-refractivity contribution in [1.29, 1.82) is 0 Å². The van der Waals surface area contributed by atoms with E-state index < -0.39 is 0 Å². The fraction of sp³-hybridized carbons (Fsp3) is 0.364. The van der Waals surface area contributed by atoms with Crippen molar-refractivity contribution < 1.29 is 4.79 Å². The smallest absolute Gasteiger partial charge is 0.265 e. The van der Waals surface area contributed by atoms with E-state index in [1.54, 1.807) is 6.07 Å². The van der Waals surface area contributed by atoms with Gasteiger partial charge >= 0.3 is 0 Å². The lowest BCUT2D eigenvalue weighted by atomic mass is 9.91. The molecule has 1 heterocycles. The van der Waals surface area contributed by atoms with Crippen molar-refractivity contribution in [2.75, 3.05) is 11.9 Å². The number of nitrogens with one attached hydrogen (secondary N) is 2. The Labute approximate surface area is 88.8 Å². The Balaban J connectivity index is 2.44. The lowest BCUT2D eigenvalue weighted by Crippen LogP contribution is -2.32. The number of nitrogens with two attached hydrogens (primary N) is 1. The lowest BCUT2D eigenvalue weighted by Gasteiger charge is -2.25. The highest BCUT2D eigenvalue weighted by molar-refractivity contribution is 5.96. The number of hydrogen-bond acceptors (Lipinski definition) is 3. The predicted octanol–water partition coefficient (Wildman–Crippen LogP) is 0.894. The summed E-state index contributed by atoms with van der Waals surface area (Å²) in [6.07, 6.45) is 0.923. The van der Waals surface area contributed by atoms with Gasteiger partial charge in [-0.1, -0.05) is 13.0 Å². The first-order valence-corrected chi connectivity index (χ1v) is 5.09. The molecule has 1 amide bonds. The third-order valence-electron chi connectivity index (χ3n) is 2.75. The second-order valence-corrected chi connectivity index (χ2v) is 4.00. The van der Waals surface area contributed by atoms with Gasteiger partial charge in [-0.25, -0.2) is 5.84 Å². The topological polar surface area (TPSA) is 67.2 Å². The maximum atomic E-state index is 11.5. The second kappa shape index (κ2) is 3.90. The standard InChI is InChI=1S/C11H15N3O/c1-7-5-9-8(11(15)14-12)3-2-4-10(9)13-6-7/h2-4,7,13H,5-6,12H2,1H3,(H,14,15). The molecule has 4 heteroatoms. The van der Waals surface area contributed by atoms with E-state index in [-0.39, 0.29) is 5.91 Å². The lowest BCUT2D eigenvalue weighted by molar-refractivity contribution is 0.0952. The van der Waals surface area contributed by atoms with E-state index in [0.717, 1.165) is 24.2 Å². The predicted molar refractivity (Wildman–Crippen MR) is 59.5 cm³/mol. The minimum absolute atomic E-state index is 0.220. The van der Waals surface area contributed by atoms with Crippen LogP contribution in [0.5, 0.6) is 0 Å². The highest BCUT2D eigenvalue weighted by atomic mass is 16.2. The van der Waals surface area contributed by atoms with Crippen molar-refractivity contribution in [3.05, 3.63) is 29.3 Å². The van der Waals surface area contributed by atoms with Crippen LogP contribution in [-0.2, 0) is 6.42 Å². The zero-order valence-electron chi connectivity index (χ0n) is 8.71. The van der Waals surface area contributed by atoms with E-state index in [1.807, 2.05) is 12.1 Å². The van der Waals surface area contributed by atoms with E-state index in [2.05, 4.69) is 17.7 Å². The first-order valence-electron chi connectivity index (χ1n) is 5.09.